The standard InChI is InChI=1S/C26H38O6.2C23H36O3/c1-18(2)32-26(30)12-7-5-4-6-11-22-23(25(29)16-24(22)28)14-13-20(27)17-31-21-10-8-9-19(3)15-21;2*1-2-3-4-5-9-12-20-21(23(26)17-22(20)25)16-15-19(24)14-13-18-10-7-6-8-11-18/h4,6,8-10,13-15,18,20,22-25,27-29H,5,7,11-12,16-17H2,1-3H3;2*5-11,19-26H,2-4,12-17H2,1H3/b6-4-,14-13+;2*9-5-/t20-,22-,23-,24+,25-;2*19-,20+,21+,22-,23+/m100/s1. The van der Waals surface area contributed by atoms with Crippen LogP contribution in [0.4, 0.5) is 0 Å². The lowest BCUT2D eigenvalue weighted by molar-refractivity contribution is -0.147. The Morgan fingerprint density at radius 3 is 1.48 bits per heavy atom. The van der Waals surface area contributed by atoms with Gasteiger partial charge in [-0.2, -0.15) is 0 Å². The van der Waals surface area contributed by atoms with Gasteiger partial charge >= 0.3 is 5.97 Å². The van der Waals surface area contributed by atoms with Crippen molar-refractivity contribution in [3.8, 4) is 5.75 Å². The lowest BCUT2D eigenvalue weighted by Gasteiger charge is -2.23. The van der Waals surface area contributed by atoms with Crippen LogP contribution in [-0.4, -0.2) is 120 Å². The molecule has 6 rings (SSSR count). The number of unbranched alkanes of at least 4 members (excludes halogenated alkanes) is 5. The van der Waals surface area contributed by atoms with Crippen LogP contribution in [0.3, 0.4) is 0 Å². The number of carbonyl (C=O) groups is 1. The number of aliphatic hydroxyl groups excluding tert-OH is 9. The number of aliphatic hydroxyl groups is 9. The van der Waals surface area contributed by atoms with Crippen LogP contribution < -0.4 is 4.74 Å². The van der Waals surface area contributed by atoms with Gasteiger partial charge in [0.2, 0.25) is 0 Å². The molecule has 3 aliphatic carbocycles. The number of hydrogen-bond acceptors (Lipinski definition) is 12. The van der Waals surface area contributed by atoms with E-state index in [0.717, 1.165) is 76.2 Å². The Hall–Kier alpha value is -4.47. The third kappa shape index (κ3) is 28.4. The fraction of sp³-hybridized carbons (Fsp3) is 0.625. The monoisotopic (exact) mass is 1170 g/mol. The van der Waals surface area contributed by atoms with Gasteiger partial charge in [0.15, 0.2) is 0 Å². The molecule has 3 aromatic rings. The summed E-state index contributed by atoms with van der Waals surface area (Å²) in [7, 11) is 0. The molecule has 9 N–H and O–H groups in total. The minimum absolute atomic E-state index is 0.0900. The van der Waals surface area contributed by atoms with E-state index in [1.165, 1.54) is 36.8 Å². The maximum atomic E-state index is 11.5. The Labute approximate surface area is 505 Å². The zero-order chi connectivity index (χ0) is 61.1. The molecular formula is C72H110O12. The van der Waals surface area contributed by atoms with Crippen molar-refractivity contribution in [2.75, 3.05) is 6.61 Å². The second kappa shape index (κ2) is 41.6. The molecule has 0 saturated heterocycles. The first-order valence-corrected chi connectivity index (χ1v) is 32.2. The fourth-order valence-electron chi connectivity index (χ4n) is 12.2. The van der Waals surface area contributed by atoms with Gasteiger partial charge < -0.3 is 55.4 Å². The average molecular weight is 1170 g/mol. The third-order valence-electron chi connectivity index (χ3n) is 17.1. The van der Waals surface area contributed by atoms with Crippen molar-refractivity contribution in [3.05, 3.63) is 150 Å². The quantitative estimate of drug-likeness (QED) is 0.0155. The number of allylic oxidation sites excluding steroid dienone is 6. The molecule has 0 heterocycles. The molecule has 0 aliphatic heterocycles. The fourth-order valence-corrected chi connectivity index (χ4v) is 12.2. The van der Waals surface area contributed by atoms with Crippen molar-refractivity contribution < 1.29 is 60.2 Å². The summed E-state index contributed by atoms with van der Waals surface area (Å²) in [5, 5.41) is 92.8. The molecule has 3 saturated carbocycles. The van der Waals surface area contributed by atoms with E-state index >= 15 is 0 Å². The minimum Gasteiger partial charge on any atom is -0.491 e. The first-order valence-electron chi connectivity index (χ1n) is 32.2. The Balaban J connectivity index is 0.000000272. The number of esters is 1. The average Bonchev–Trinajstić information content (AvgIpc) is 4.14. The molecule has 12 nitrogen and oxygen atoms in total. The molecule has 0 aromatic heterocycles. The van der Waals surface area contributed by atoms with Crippen LogP contribution in [0.1, 0.15) is 179 Å². The summed E-state index contributed by atoms with van der Waals surface area (Å²) in [4.78, 5) is 11.5. The Morgan fingerprint density at radius 1 is 0.548 bits per heavy atom. The van der Waals surface area contributed by atoms with Crippen LogP contribution in [0.15, 0.2) is 134 Å². The van der Waals surface area contributed by atoms with E-state index in [4.69, 9.17) is 9.47 Å². The first-order chi connectivity index (χ1) is 40.5. The zero-order valence-corrected chi connectivity index (χ0v) is 51.7. The lowest BCUT2D eigenvalue weighted by Crippen LogP contribution is -2.23. The highest BCUT2D eigenvalue weighted by Crippen LogP contribution is 2.40. The SMILES string of the molecule is CCCC/C=C\C[C@@H]1[C@@H](CC[C@@H](O)CCc2ccccc2)[C@H](O)C[C@@H]1O.CCCC/C=C\C[C@@H]1[C@@H](CC[C@@H](O)CCc2ccccc2)[C@H](O)C[C@@H]1O.Cc1cccc(OC[C@H](O)/C=C/[C@@H]2[C@@H](C/C=C\CCCC(=O)OC(C)C)[C@@H](O)C[C@H]2O)c1. The van der Waals surface area contributed by atoms with Crippen molar-refractivity contribution in [2.45, 2.75) is 243 Å². The summed E-state index contributed by atoms with van der Waals surface area (Å²) in [6.07, 6.45) is 30.2. The lowest BCUT2D eigenvalue weighted by atomic mass is 9.85. The molecule has 0 bridgehead atoms. The normalized spacial score (nSPS) is 26.2. The number of carbonyl (C=O) groups excluding carboxylic acids is 1. The second-order valence-electron chi connectivity index (χ2n) is 24.4. The van der Waals surface area contributed by atoms with Gasteiger partial charge in [-0.3, -0.25) is 4.79 Å². The minimum atomic E-state index is -0.803. The zero-order valence-electron chi connectivity index (χ0n) is 51.7. The topological polar surface area (TPSA) is 218 Å². The van der Waals surface area contributed by atoms with Gasteiger partial charge in [0.1, 0.15) is 18.5 Å². The molecular weight excluding hydrogens is 1060 g/mol. The van der Waals surface area contributed by atoms with E-state index in [2.05, 4.69) is 62.4 Å². The summed E-state index contributed by atoms with van der Waals surface area (Å²) in [6.45, 7) is 10.1. The number of rotatable bonds is 34. The van der Waals surface area contributed by atoms with Gasteiger partial charge in [0, 0.05) is 18.8 Å². The summed E-state index contributed by atoms with van der Waals surface area (Å²) in [6, 6.07) is 28.1. The van der Waals surface area contributed by atoms with Crippen molar-refractivity contribution in [1.29, 1.82) is 0 Å². The molecule has 0 unspecified atom stereocenters. The van der Waals surface area contributed by atoms with Crippen molar-refractivity contribution in [1.82, 2.24) is 0 Å². The van der Waals surface area contributed by atoms with Gasteiger partial charge in [0.25, 0.3) is 0 Å². The molecule has 15 atom stereocenters. The highest BCUT2D eigenvalue weighted by Gasteiger charge is 2.42. The first kappa shape index (κ1) is 72.0. The van der Waals surface area contributed by atoms with E-state index in [9.17, 15) is 50.8 Å². The molecule has 0 radical (unpaired) electrons. The van der Waals surface area contributed by atoms with Gasteiger partial charge in [-0.1, -0.05) is 161 Å². The van der Waals surface area contributed by atoms with Crippen LogP contribution >= 0.6 is 0 Å². The van der Waals surface area contributed by atoms with Crippen molar-refractivity contribution in [2.24, 2.45) is 35.5 Å². The molecule has 84 heavy (non-hydrogen) atoms. The van der Waals surface area contributed by atoms with Gasteiger partial charge in [-0.25, -0.2) is 0 Å². The number of hydrogen-bond donors (Lipinski definition) is 9. The molecule has 3 fully saturated rings. The van der Waals surface area contributed by atoms with E-state index in [1.54, 1.807) is 12.2 Å². The largest absolute Gasteiger partial charge is 0.491 e. The van der Waals surface area contributed by atoms with Crippen molar-refractivity contribution in [3.63, 3.8) is 0 Å². The predicted octanol–water partition coefficient (Wildman–Crippen LogP) is 12.2. The van der Waals surface area contributed by atoms with E-state index < -0.39 is 42.7 Å². The number of aryl methyl sites for hydroxylation is 3. The van der Waals surface area contributed by atoms with E-state index in [1.807, 2.05) is 93.6 Å². The number of benzene rings is 3. The van der Waals surface area contributed by atoms with Crippen LogP contribution in [-0.2, 0) is 22.4 Å². The Kier molecular flexibility index (Phi) is 35.7. The maximum absolute atomic E-state index is 11.5. The molecule has 470 valence electrons. The molecule has 0 amide bonds. The summed E-state index contributed by atoms with van der Waals surface area (Å²) < 4.78 is 10.7. The number of ether oxygens (including phenoxy) is 2. The smallest absolute Gasteiger partial charge is 0.306 e. The Bertz CT molecular complexity index is 2190. The van der Waals surface area contributed by atoms with Crippen molar-refractivity contribution >= 4 is 5.97 Å². The second-order valence-corrected chi connectivity index (χ2v) is 24.4. The Morgan fingerprint density at radius 2 is 1.00 bits per heavy atom. The van der Waals surface area contributed by atoms with Crippen LogP contribution in [0.5, 0.6) is 5.75 Å². The highest BCUT2D eigenvalue weighted by molar-refractivity contribution is 5.69. The van der Waals surface area contributed by atoms with Gasteiger partial charge in [-0.15, -0.1) is 0 Å². The van der Waals surface area contributed by atoms with Gasteiger partial charge in [-0.05, 0) is 188 Å². The summed E-state index contributed by atoms with van der Waals surface area (Å²) in [5.41, 5.74) is 3.58. The summed E-state index contributed by atoms with van der Waals surface area (Å²) in [5.74, 6) is 0.581. The molecule has 12 heteroatoms. The van der Waals surface area contributed by atoms with Gasteiger partial charge in [0.05, 0.1) is 54.9 Å². The van der Waals surface area contributed by atoms with E-state index in [-0.39, 0.29) is 66.4 Å². The van der Waals surface area contributed by atoms with E-state index in [0.29, 0.717) is 57.1 Å². The highest BCUT2D eigenvalue weighted by atomic mass is 16.5. The molecule has 3 aliphatic rings. The molecule has 3 aromatic carbocycles. The predicted molar refractivity (Wildman–Crippen MR) is 338 cm³/mol. The van der Waals surface area contributed by atoms with Crippen LogP contribution in [0, 0.1) is 42.4 Å². The summed E-state index contributed by atoms with van der Waals surface area (Å²) >= 11 is 0. The molecule has 0 spiro atoms. The maximum Gasteiger partial charge on any atom is 0.306 e. The van der Waals surface area contributed by atoms with Crippen LogP contribution in [0.2, 0.25) is 0 Å². The third-order valence-corrected chi connectivity index (χ3v) is 17.1. The van der Waals surface area contributed by atoms with Crippen LogP contribution in [0.25, 0.3) is 0 Å².